The third-order valence-corrected chi connectivity index (χ3v) is 5.65. The molecule has 0 unspecified atom stereocenters. The predicted molar refractivity (Wildman–Crippen MR) is 111 cm³/mol. The van der Waals surface area contributed by atoms with E-state index in [1.165, 1.54) is 6.07 Å². The first-order valence-corrected chi connectivity index (χ1v) is 10.0. The summed E-state index contributed by atoms with van der Waals surface area (Å²) in [7, 11) is 1.86. The van der Waals surface area contributed by atoms with Crippen molar-refractivity contribution < 1.29 is 13.2 Å². The highest BCUT2D eigenvalue weighted by molar-refractivity contribution is 5.81. The van der Waals surface area contributed by atoms with E-state index < -0.39 is 11.7 Å². The van der Waals surface area contributed by atoms with E-state index >= 15 is 0 Å². The lowest BCUT2D eigenvalue weighted by Gasteiger charge is -2.29. The topological polar surface area (TPSA) is 46.8 Å². The molecule has 1 aromatic carbocycles. The summed E-state index contributed by atoms with van der Waals surface area (Å²) in [4.78, 5) is 11.3. The summed E-state index contributed by atoms with van der Waals surface area (Å²) in [6, 6.07) is 9.88. The van der Waals surface area contributed by atoms with E-state index in [1.807, 2.05) is 24.2 Å². The average molecular weight is 423 g/mol. The Morgan fingerprint density at radius 1 is 1.06 bits per heavy atom. The monoisotopic (exact) mass is 423 g/mol. The van der Waals surface area contributed by atoms with E-state index in [-0.39, 0.29) is 6.54 Å². The standard InChI is InChI=1S/C23H20F3N5/c1-30-12-19(11-28-30)17-8-16-9-18-14-31(7-6-21(18)29-22(16)27-10-17)13-15-4-2-3-5-20(15)23(24,25)26/h2-5,8-12H,6-7,13-14H2,1H3. The third-order valence-electron chi connectivity index (χ3n) is 5.65. The van der Waals surface area contributed by atoms with Crippen LogP contribution in [0.2, 0.25) is 0 Å². The summed E-state index contributed by atoms with van der Waals surface area (Å²) in [6.07, 6.45) is 1.84. The van der Waals surface area contributed by atoms with Crippen molar-refractivity contribution >= 4 is 11.0 Å². The van der Waals surface area contributed by atoms with Crippen molar-refractivity contribution in [2.45, 2.75) is 25.7 Å². The van der Waals surface area contributed by atoms with Gasteiger partial charge in [-0.25, -0.2) is 9.97 Å². The number of hydrogen-bond donors (Lipinski definition) is 0. The fourth-order valence-electron chi connectivity index (χ4n) is 4.12. The minimum absolute atomic E-state index is 0.251. The average Bonchev–Trinajstić information content (AvgIpc) is 3.18. The molecule has 5 nitrogen and oxygen atoms in total. The Labute approximate surface area is 177 Å². The van der Waals surface area contributed by atoms with E-state index in [0.29, 0.717) is 30.7 Å². The molecule has 4 aromatic rings. The second kappa shape index (κ2) is 7.46. The van der Waals surface area contributed by atoms with Crippen LogP contribution in [0.5, 0.6) is 0 Å². The molecule has 0 spiro atoms. The molecule has 31 heavy (non-hydrogen) atoms. The highest BCUT2D eigenvalue weighted by Gasteiger charge is 2.33. The van der Waals surface area contributed by atoms with Crippen LogP contribution < -0.4 is 0 Å². The number of hydrogen-bond acceptors (Lipinski definition) is 4. The molecule has 1 aliphatic rings. The molecule has 0 amide bonds. The molecule has 3 aromatic heterocycles. The maximum Gasteiger partial charge on any atom is 0.416 e. The summed E-state index contributed by atoms with van der Waals surface area (Å²) in [5, 5.41) is 5.12. The van der Waals surface area contributed by atoms with Gasteiger partial charge in [0.05, 0.1) is 11.8 Å². The van der Waals surface area contributed by atoms with E-state index in [0.717, 1.165) is 33.8 Å². The number of alkyl halides is 3. The number of rotatable bonds is 3. The van der Waals surface area contributed by atoms with Crippen LogP contribution in [0.4, 0.5) is 13.2 Å². The van der Waals surface area contributed by atoms with Gasteiger partial charge >= 0.3 is 6.18 Å². The van der Waals surface area contributed by atoms with Gasteiger partial charge in [0, 0.05) is 67.7 Å². The normalized spacial score (nSPS) is 14.7. The quantitative estimate of drug-likeness (QED) is 0.483. The number of halogens is 3. The Balaban J connectivity index is 1.43. The van der Waals surface area contributed by atoms with Crippen molar-refractivity contribution in [3.63, 3.8) is 0 Å². The van der Waals surface area contributed by atoms with Gasteiger partial charge in [0.2, 0.25) is 0 Å². The van der Waals surface area contributed by atoms with E-state index in [2.05, 4.69) is 16.1 Å². The number of benzene rings is 1. The number of pyridine rings is 2. The minimum atomic E-state index is -4.35. The molecule has 0 saturated heterocycles. The molecule has 0 fully saturated rings. The van der Waals surface area contributed by atoms with E-state index in [1.54, 1.807) is 29.2 Å². The molecule has 0 N–H and O–H groups in total. The fourth-order valence-corrected chi connectivity index (χ4v) is 4.12. The minimum Gasteiger partial charge on any atom is -0.294 e. The fraction of sp³-hybridized carbons (Fsp3) is 0.261. The van der Waals surface area contributed by atoms with Crippen LogP contribution in [0.3, 0.4) is 0 Å². The first-order chi connectivity index (χ1) is 14.9. The number of fused-ring (bicyclic) bond motifs is 2. The molecule has 0 saturated carbocycles. The van der Waals surface area contributed by atoms with Crippen molar-refractivity contribution in [2.75, 3.05) is 6.54 Å². The number of aromatic nitrogens is 4. The largest absolute Gasteiger partial charge is 0.416 e. The molecule has 0 atom stereocenters. The smallest absolute Gasteiger partial charge is 0.294 e. The van der Waals surface area contributed by atoms with Crippen LogP contribution >= 0.6 is 0 Å². The zero-order chi connectivity index (χ0) is 21.6. The Bertz CT molecular complexity index is 1260. The molecule has 0 bridgehead atoms. The van der Waals surface area contributed by atoms with Crippen LogP contribution in [-0.4, -0.2) is 31.2 Å². The Kier molecular flexibility index (Phi) is 4.74. The predicted octanol–water partition coefficient (Wildman–Crippen LogP) is 4.61. The zero-order valence-electron chi connectivity index (χ0n) is 16.9. The highest BCUT2D eigenvalue weighted by atomic mass is 19.4. The van der Waals surface area contributed by atoms with Gasteiger partial charge in [0.15, 0.2) is 5.65 Å². The molecule has 4 heterocycles. The van der Waals surface area contributed by atoms with Crippen molar-refractivity contribution in [3.8, 4) is 11.1 Å². The van der Waals surface area contributed by atoms with E-state index in [9.17, 15) is 13.2 Å². The van der Waals surface area contributed by atoms with Gasteiger partial charge in [-0.05, 0) is 29.3 Å². The Hall–Kier alpha value is -3.26. The van der Waals surface area contributed by atoms with Gasteiger partial charge in [0.1, 0.15) is 0 Å². The Morgan fingerprint density at radius 3 is 2.68 bits per heavy atom. The van der Waals surface area contributed by atoms with Crippen molar-refractivity contribution in [1.82, 2.24) is 24.6 Å². The highest BCUT2D eigenvalue weighted by Crippen LogP contribution is 2.33. The Morgan fingerprint density at radius 2 is 1.90 bits per heavy atom. The molecule has 0 radical (unpaired) electrons. The zero-order valence-corrected chi connectivity index (χ0v) is 16.9. The van der Waals surface area contributed by atoms with Gasteiger partial charge in [-0.2, -0.15) is 18.3 Å². The SMILES string of the molecule is Cn1cc(-c2cnc3nc4c(cc3c2)CN(Cc2ccccc2C(F)(F)F)CC4)cn1. The van der Waals surface area contributed by atoms with Crippen LogP contribution in [0, 0.1) is 0 Å². The lowest BCUT2D eigenvalue weighted by molar-refractivity contribution is -0.138. The second-order valence-corrected chi connectivity index (χ2v) is 7.88. The van der Waals surface area contributed by atoms with Crippen LogP contribution in [0.1, 0.15) is 22.4 Å². The first-order valence-electron chi connectivity index (χ1n) is 10.0. The maximum absolute atomic E-state index is 13.4. The molecular formula is C23H20F3N5. The van der Waals surface area contributed by atoms with Crippen LogP contribution in [0.25, 0.3) is 22.2 Å². The van der Waals surface area contributed by atoms with Crippen molar-refractivity contribution in [2.24, 2.45) is 7.05 Å². The van der Waals surface area contributed by atoms with Crippen LogP contribution in [0.15, 0.2) is 55.0 Å². The molecule has 5 rings (SSSR count). The number of nitrogens with zero attached hydrogens (tertiary/aromatic N) is 5. The van der Waals surface area contributed by atoms with E-state index in [4.69, 9.17) is 4.98 Å². The molecule has 8 heteroatoms. The lowest BCUT2D eigenvalue weighted by Crippen LogP contribution is -2.31. The van der Waals surface area contributed by atoms with Crippen molar-refractivity contribution in [3.05, 3.63) is 77.4 Å². The van der Waals surface area contributed by atoms with Gasteiger partial charge in [-0.3, -0.25) is 9.58 Å². The first kappa shape index (κ1) is 19.7. The molecule has 0 aliphatic carbocycles. The van der Waals surface area contributed by atoms with Gasteiger partial charge in [0.25, 0.3) is 0 Å². The lowest BCUT2D eigenvalue weighted by atomic mass is 10.0. The summed E-state index contributed by atoms with van der Waals surface area (Å²) in [6.45, 7) is 1.47. The molecular weight excluding hydrogens is 403 g/mol. The molecule has 1 aliphatic heterocycles. The van der Waals surface area contributed by atoms with Gasteiger partial charge in [-0.15, -0.1) is 0 Å². The summed E-state index contributed by atoms with van der Waals surface area (Å²) in [5.74, 6) is 0. The van der Waals surface area contributed by atoms with Crippen molar-refractivity contribution in [1.29, 1.82) is 0 Å². The van der Waals surface area contributed by atoms with Gasteiger partial charge < -0.3 is 0 Å². The maximum atomic E-state index is 13.4. The summed E-state index contributed by atoms with van der Waals surface area (Å²) in [5.41, 5.74) is 4.34. The van der Waals surface area contributed by atoms with Gasteiger partial charge in [-0.1, -0.05) is 18.2 Å². The van der Waals surface area contributed by atoms with Crippen LogP contribution in [-0.2, 0) is 32.7 Å². The number of aryl methyl sites for hydroxylation is 1. The third kappa shape index (κ3) is 3.90. The summed E-state index contributed by atoms with van der Waals surface area (Å²) < 4.78 is 41.8. The summed E-state index contributed by atoms with van der Waals surface area (Å²) >= 11 is 0. The molecule has 158 valence electrons. The second-order valence-electron chi connectivity index (χ2n) is 7.88.